The molecule has 0 N–H and O–H groups in total. The van der Waals surface area contributed by atoms with Gasteiger partial charge < -0.3 is 9.69 Å². The Kier molecular flexibility index (Phi) is 5.32. The fraction of sp³-hybridized carbons (Fsp3) is 0.389. The molecule has 0 saturated heterocycles. The molecule has 2 heteroatoms. The summed E-state index contributed by atoms with van der Waals surface area (Å²) < 4.78 is 0. The molecule has 0 heterocycles. The maximum absolute atomic E-state index is 8.00. The minimum Gasteiger partial charge on any atom is -0.377 e. The highest BCUT2D eigenvalue weighted by Crippen LogP contribution is 2.31. The molecule has 0 unspecified atom stereocenters. The van der Waals surface area contributed by atoms with Crippen molar-refractivity contribution < 1.29 is 4.79 Å². The van der Waals surface area contributed by atoms with Crippen molar-refractivity contribution >= 4 is 12.4 Å². The van der Waals surface area contributed by atoms with E-state index in [-0.39, 0.29) is 5.41 Å². The summed E-state index contributed by atoms with van der Waals surface area (Å²) in [5.74, 6) is 0. The second-order valence-electron chi connectivity index (χ2n) is 6.19. The van der Waals surface area contributed by atoms with Gasteiger partial charge in [0, 0.05) is 19.8 Å². The van der Waals surface area contributed by atoms with Crippen LogP contribution in [0, 0.1) is 0 Å². The Morgan fingerprint density at radius 2 is 1.60 bits per heavy atom. The van der Waals surface area contributed by atoms with Crippen molar-refractivity contribution in [2.24, 2.45) is 0 Å². The summed E-state index contributed by atoms with van der Waals surface area (Å²) in [7, 11) is 4.21. The third kappa shape index (κ3) is 3.60. The number of likely N-dealkylation sites (N-methyl/N-ethyl adjacent to an activating group) is 1. The Labute approximate surface area is 122 Å². The molecule has 0 bridgehead atoms. The molecule has 2 nitrogen and oxygen atoms in total. The molecular formula is C18H25NO. The Morgan fingerprint density at radius 1 is 1.05 bits per heavy atom. The summed E-state index contributed by atoms with van der Waals surface area (Å²) in [5.41, 5.74) is 5.73. The van der Waals surface area contributed by atoms with E-state index in [9.17, 15) is 0 Å². The lowest BCUT2D eigenvalue weighted by atomic mass is 9.86. The lowest BCUT2D eigenvalue weighted by molar-refractivity contribution is -0.0979. The number of hydrogen-bond acceptors (Lipinski definition) is 2. The molecule has 1 aliphatic rings. The van der Waals surface area contributed by atoms with Crippen LogP contribution in [0.15, 0.2) is 42.1 Å². The Hall–Kier alpha value is -1.83. The van der Waals surface area contributed by atoms with Crippen LogP contribution in [0.5, 0.6) is 0 Å². The molecule has 0 aromatic heterocycles. The quantitative estimate of drug-likeness (QED) is 0.809. The second-order valence-corrected chi connectivity index (χ2v) is 6.19. The normalized spacial score (nSPS) is 14.1. The van der Waals surface area contributed by atoms with Crippen molar-refractivity contribution in [2.75, 3.05) is 14.1 Å². The number of carbonyl (C=O) groups excluding carboxylic acids is 1. The van der Waals surface area contributed by atoms with E-state index in [4.69, 9.17) is 4.79 Å². The monoisotopic (exact) mass is 271 g/mol. The van der Waals surface area contributed by atoms with E-state index < -0.39 is 0 Å². The Morgan fingerprint density at radius 3 is 2.05 bits per heavy atom. The van der Waals surface area contributed by atoms with Crippen molar-refractivity contribution in [1.82, 2.24) is 4.90 Å². The van der Waals surface area contributed by atoms with Gasteiger partial charge in [-0.3, -0.25) is 0 Å². The SMILES string of the molecule is C=O.CN(C)C1=C(c2ccc(C(C)(C)C)cc2)CC=C1. The van der Waals surface area contributed by atoms with Crippen molar-refractivity contribution in [3.63, 3.8) is 0 Å². The van der Waals surface area contributed by atoms with Crippen LogP contribution >= 0.6 is 0 Å². The number of carbonyl (C=O) groups is 1. The molecule has 2 rings (SSSR count). The maximum Gasteiger partial charge on any atom is 0.106 e. The van der Waals surface area contributed by atoms with Crippen LogP contribution in [0.4, 0.5) is 0 Å². The summed E-state index contributed by atoms with van der Waals surface area (Å²) in [5, 5.41) is 0. The number of rotatable bonds is 2. The number of hydrogen-bond donors (Lipinski definition) is 0. The Bertz CT molecular complexity index is 501. The number of allylic oxidation sites excluding steroid dienone is 3. The van der Waals surface area contributed by atoms with Gasteiger partial charge in [-0.05, 0) is 34.6 Å². The first-order chi connectivity index (χ1) is 9.39. The van der Waals surface area contributed by atoms with E-state index in [0.29, 0.717) is 0 Å². The zero-order chi connectivity index (χ0) is 15.3. The fourth-order valence-corrected chi connectivity index (χ4v) is 2.35. The summed E-state index contributed by atoms with van der Waals surface area (Å²) in [4.78, 5) is 10.2. The first-order valence-corrected chi connectivity index (χ1v) is 6.86. The van der Waals surface area contributed by atoms with E-state index in [1.807, 2.05) is 6.79 Å². The van der Waals surface area contributed by atoms with Gasteiger partial charge in [-0.25, -0.2) is 0 Å². The largest absolute Gasteiger partial charge is 0.377 e. The van der Waals surface area contributed by atoms with Gasteiger partial charge in [-0.1, -0.05) is 51.1 Å². The molecule has 0 spiro atoms. The third-order valence-electron chi connectivity index (χ3n) is 3.49. The molecule has 0 amide bonds. The molecule has 0 aliphatic heterocycles. The lowest BCUT2D eigenvalue weighted by Gasteiger charge is -2.20. The molecule has 20 heavy (non-hydrogen) atoms. The molecule has 1 aromatic rings. The smallest absolute Gasteiger partial charge is 0.106 e. The van der Waals surface area contributed by atoms with Crippen LogP contribution in [0.3, 0.4) is 0 Å². The van der Waals surface area contributed by atoms with Crippen molar-refractivity contribution in [3.05, 3.63) is 53.2 Å². The van der Waals surface area contributed by atoms with Gasteiger partial charge in [-0.15, -0.1) is 0 Å². The van der Waals surface area contributed by atoms with Gasteiger partial charge in [0.05, 0.1) is 0 Å². The molecule has 1 aromatic carbocycles. The highest BCUT2D eigenvalue weighted by molar-refractivity contribution is 5.74. The first-order valence-electron chi connectivity index (χ1n) is 6.86. The van der Waals surface area contributed by atoms with E-state index >= 15 is 0 Å². The minimum absolute atomic E-state index is 0.227. The van der Waals surface area contributed by atoms with E-state index in [2.05, 4.69) is 76.2 Å². The van der Waals surface area contributed by atoms with Crippen LogP contribution in [-0.2, 0) is 10.2 Å². The molecule has 0 atom stereocenters. The third-order valence-corrected chi connectivity index (χ3v) is 3.49. The van der Waals surface area contributed by atoms with E-state index in [1.165, 1.54) is 22.4 Å². The van der Waals surface area contributed by atoms with Crippen molar-refractivity contribution in [2.45, 2.75) is 32.6 Å². The molecule has 0 radical (unpaired) electrons. The number of benzene rings is 1. The first kappa shape index (κ1) is 16.2. The van der Waals surface area contributed by atoms with Gasteiger partial charge in [0.1, 0.15) is 6.79 Å². The van der Waals surface area contributed by atoms with Crippen molar-refractivity contribution in [3.8, 4) is 0 Å². The molecule has 0 fully saturated rings. The predicted molar refractivity (Wildman–Crippen MR) is 86.6 cm³/mol. The summed E-state index contributed by atoms with van der Waals surface area (Å²) >= 11 is 0. The van der Waals surface area contributed by atoms with E-state index in [0.717, 1.165) is 6.42 Å². The highest BCUT2D eigenvalue weighted by atomic mass is 16.1. The average molecular weight is 271 g/mol. The zero-order valence-corrected chi connectivity index (χ0v) is 13.2. The summed E-state index contributed by atoms with van der Waals surface area (Å²) in [6, 6.07) is 9.03. The molecule has 0 saturated carbocycles. The summed E-state index contributed by atoms with van der Waals surface area (Å²) in [6.45, 7) is 8.76. The van der Waals surface area contributed by atoms with Crippen LogP contribution < -0.4 is 0 Å². The van der Waals surface area contributed by atoms with Gasteiger partial charge in [0.15, 0.2) is 0 Å². The molecule has 108 valence electrons. The van der Waals surface area contributed by atoms with Crippen LogP contribution in [0.2, 0.25) is 0 Å². The maximum atomic E-state index is 8.00. The van der Waals surface area contributed by atoms with Crippen LogP contribution in [-0.4, -0.2) is 25.8 Å². The van der Waals surface area contributed by atoms with Gasteiger partial charge in [0.25, 0.3) is 0 Å². The zero-order valence-electron chi connectivity index (χ0n) is 13.2. The van der Waals surface area contributed by atoms with Gasteiger partial charge >= 0.3 is 0 Å². The minimum atomic E-state index is 0.227. The van der Waals surface area contributed by atoms with E-state index in [1.54, 1.807) is 0 Å². The molecule has 1 aliphatic carbocycles. The van der Waals surface area contributed by atoms with Crippen molar-refractivity contribution in [1.29, 1.82) is 0 Å². The standard InChI is InChI=1S/C17H23N.CH2O/c1-17(2,3)14-11-9-13(10-12-14)15-7-6-8-16(15)18(4)5;1-2/h6,8-12H,7H2,1-5H3;1H2. The summed E-state index contributed by atoms with van der Waals surface area (Å²) in [6.07, 6.45) is 5.50. The number of nitrogens with zero attached hydrogens (tertiary/aromatic N) is 1. The molecular weight excluding hydrogens is 246 g/mol. The van der Waals surface area contributed by atoms with Gasteiger partial charge in [-0.2, -0.15) is 0 Å². The second kappa shape index (κ2) is 6.56. The highest BCUT2D eigenvalue weighted by Gasteiger charge is 2.16. The average Bonchev–Trinajstić information content (AvgIpc) is 2.89. The topological polar surface area (TPSA) is 20.3 Å². The lowest BCUT2D eigenvalue weighted by Crippen LogP contribution is -2.11. The van der Waals surface area contributed by atoms with Crippen LogP contribution in [0.1, 0.15) is 38.3 Å². The Balaban J connectivity index is 0.000000956. The van der Waals surface area contributed by atoms with Crippen LogP contribution in [0.25, 0.3) is 5.57 Å². The van der Waals surface area contributed by atoms with Gasteiger partial charge in [0.2, 0.25) is 0 Å². The predicted octanol–water partition coefficient (Wildman–Crippen LogP) is 4.03. The fourth-order valence-electron chi connectivity index (χ4n) is 2.35.